The average Bonchev–Trinajstić information content (AvgIpc) is 2.99. The Morgan fingerprint density at radius 1 is 1.11 bits per heavy atom. The highest BCUT2D eigenvalue weighted by Gasteiger charge is 2.06. The van der Waals surface area contributed by atoms with Crippen molar-refractivity contribution in [3.05, 3.63) is 77.6 Å². The van der Waals surface area contributed by atoms with E-state index in [1.54, 1.807) is 10.9 Å². The van der Waals surface area contributed by atoms with E-state index >= 15 is 0 Å². The maximum Gasteiger partial charge on any atom is 0.261 e. The number of benzene rings is 2. The quantitative estimate of drug-likeness (QED) is 0.540. The number of anilines is 2. The molecule has 0 aliphatic heterocycles. The van der Waals surface area contributed by atoms with Crippen molar-refractivity contribution in [1.82, 2.24) is 15.2 Å². The van der Waals surface area contributed by atoms with Gasteiger partial charge in [-0.05, 0) is 49.7 Å². The van der Waals surface area contributed by atoms with Crippen molar-refractivity contribution >= 4 is 23.5 Å². The lowest BCUT2D eigenvalue weighted by atomic mass is 10.2. The Morgan fingerprint density at radius 2 is 1.78 bits per heavy atom. The van der Waals surface area contributed by atoms with Crippen LogP contribution in [-0.4, -0.2) is 28.9 Å². The zero-order chi connectivity index (χ0) is 19.2. The van der Waals surface area contributed by atoms with E-state index in [-0.39, 0.29) is 12.5 Å². The Hall–Kier alpha value is -3.41. The van der Waals surface area contributed by atoms with E-state index in [0.717, 1.165) is 28.3 Å². The Bertz CT molecular complexity index is 929. The average molecular weight is 361 g/mol. The molecule has 3 aromatic rings. The molecule has 0 aliphatic rings. The molecule has 2 aromatic carbocycles. The molecule has 0 aliphatic carbocycles. The summed E-state index contributed by atoms with van der Waals surface area (Å²) in [7, 11) is 2.03. The number of amides is 1. The molecule has 0 saturated carbocycles. The highest BCUT2D eigenvalue weighted by Crippen LogP contribution is 2.22. The fourth-order valence-corrected chi connectivity index (χ4v) is 2.77. The van der Waals surface area contributed by atoms with Gasteiger partial charge in [-0.3, -0.25) is 9.48 Å². The highest BCUT2D eigenvalue weighted by atomic mass is 16.2. The van der Waals surface area contributed by atoms with Crippen molar-refractivity contribution in [1.29, 1.82) is 0 Å². The summed E-state index contributed by atoms with van der Waals surface area (Å²) in [5, 5.41) is 8.29. The van der Waals surface area contributed by atoms with E-state index in [4.69, 9.17) is 0 Å². The van der Waals surface area contributed by atoms with Crippen molar-refractivity contribution in [2.45, 2.75) is 20.4 Å². The number of rotatable bonds is 6. The first kappa shape index (κ1) is 18.4. The van der Waals surface area contributed by atoms with E-state index in [0.29, 0.717) is 0 Å². The topological polar surface area (TPSA) is 62.5 Å². The first-order valence-electron chi connectivity index (χ1n) is 8.75. The van der Waals surface area contributed by atoms with Crippen LogP contribution in [0.2, 0.25) is 0 Å². The summed E-state index contributed by atoms with van der Waals surface area (Å²) in [6, 6.07) is 20.1. The van der Waals surface area contributed by atoms with E-state index in [1.165, 1.54) is 0 Å². The second-order valence-electron chi connectivity index (χ2n) is 6.36. The zero-order valence-corrected chi connectivity index (χ0v) is 15.8. The molecule has 0 radical (unpaired) electrons. The molecule has 1 aromatic heterocycles. The lowest BCUT2D eigenvalue weighted by Crippen LogP contribution is -2.24. The van der Waals surface area contributed by atoms with Gasteiger partial charge in [0.2, 0.25) is 0 Å². The number of aromatic nitrogens is 2. The van der Waals surface area contributed by atoms with Gasteiger partial charge in [-0.1, -0.05) is 30.3 Å². The molecule has 0 saturated heterocycles. The van der Waals surface area contributed by atoms with Crippen LogP contribution in [0.1, 0.15) is 17.0 Å². The van der Waals surface area contributed by atoms with E-state index in [1.807, 2.05) is 69.4 Å². The fraction of sp³-hybridized carbons (Fsp3) is 0.190. The van der Waals surface area contributed by atoms with Crippen molar-refractivity contribution in [3.63, 3.8) is 0 Å². The zero-order valence-electron chi connectivity index (χ0n) is 15.8. The Balaban J connectivity index is 1.56. The predicted molar refractivity (Wildman–Crippen MR) is 108 cm³/mol. The molecule has 0 bridgehead atoms. The summed E-state index contributed by atoms with van der Waals surface area (Å²) >= 11 is 0. The smallest absolute Gasteiger partial charge is 0.261 e. The molecule has 3 rings (SSSR count). The number of hydrogen-bond acceptors (Lipinski definition) is 4. The van der Waals surface area contributed by atoms with Gasteiger partial charge in [0.1, 0.15) is 6.54 Å². The van der Waals surface area contributed by atoms with Crippen LogP contribution in [0.25, 0.3) is 0 Å². The van der Waals surface area contributed by atoms with Crippen LogP contribution in [0.15, 0.2) is 65.8 Å². The van der Waals surface area contributed by atoms with Gasteiger partial charge in [0.15, 0.2) is 0 Å². The SMILES string of the molecule is Cc1cc(C)n(CC(=O)N/N=C\c2ccc(N(C)c3ccccc3)cc2)n1. The molecule has 1 N–H and O–H groups in total. The normalized spacial score (nSPS) is 10.9. The van der Waals surface area contributed by atoms with Crippen LogP contribution in [0.4, 0.5) is 11.4 Å². The number of carbonyl (C=O) groups is 1. The molecular formula is C21H23N5O. The van der Waals surface area contributed by atoms with Gasteiger partial charge < -0.3 is 4.90 Å². The second-order valence-corrected chi connectivity index (χ2v) is 6.36. The minimum atomic E-state index is -0.210. The van der Waals surface area contributed by atoms with E-state index in [9.17, 15) is 4.79 Å². The lowest BCUT2D eigenvalue weighted by molar-refractivity contribution is -0.121. The standard InChI is InChI=1S/C21H23N5O/c1-16-13-17(2)26(24-16)15-21(27)23-22-14-18-9-11-20(12-10-18)25(3)19-7-5-4-6-8-19/h4-14H,15H2,1-3H3,(H,23,27)/b22-14-. The third-order valence-electron chi connectivity index (χ3n) is 4.22. The Labute approximate surface area is 159 Å². The largest absolute Gasteiger partial charge is 0.345 e. The number of nitrogens with zero attached hydrogens (tertiary/aromatic N) is 4. The summed E-state index contributed by atoms with van der Waals surface area (Å²) < 4.78 is 1.66. The van der Waals surface area contributed by atoms with Crippen molar-refractivity contribution < 1.29 is 4.79 Å². The lowest BCUT2D eigenvalue weighted by Gasteiger charge is -2.19. The maximum absolute atomic E-state index is 12.0. The first-order chi connectivity index (χ1) is 13.0. The van der Waals surface area contributed by atoms with Crippen molar-refractivity contribution in [2.24, 2.45) is 5.10 Å². The van der Waals surface area contributed by atoms with Crippen LogP contribution in [0, 0.1) is 13.8 Å². The van der Waals surface area contributed by atoms with Crippen LogP contribution in [-0.2, 0) is 11.3 Å². The molecular weight excluding hydrogens is 338 g/mol. The summed E-state index contributed by atoms with van der Waals surface area (Å²) in [6.45, 7) is 3.97. The Kier molecular flexibility index (Phi) is 5.66. The number of hydrogen-bond donors (Lipinski definition) is 1. The van der Waals surface area contributed by atoms with Gasteiger partial charge in [0.05, 0.1) is 11.9 Å². The minimum absolute atomic E-state index is 0.151. The predicted octanol–water partition coefficient (Wildman–Crippen LogP) is 3.42. The van der Waals surface area contributed by atoms with E-state index < -0.39 is 0 Å². The molecule has 27 heavy (non-hydrogen) atoms. The van der Waals surface area contributed by atoms with Gasteiger partial charge >= 0.3 is 0 Å². The summed E-state index contributed by atoms with van der Waals surface area (Å²) in [6.07, 6.45) is 1.63. The fourth-order valence-electron chi connectivity index (χ4n) is 2.77. The van der Waals surface area contributed by atoms with Gasteiger partial charge in [0, 0.05) is 24.1 Å². The molecule has 0 fully saturated rings. The summed E-state index contributed by atoms with van der Waals surface area (Å²) in [5.74, 6) is -0.210. The van der Waals surface area contributed by atoms with Crippen molar-refractivity contribution in [2.75, 3.05) is 11.9 Å². The molecule has 6 nitrogen and oxygen atoms in total. The third kappa shape index (κ3) is 4.82. The van der Waals surface area contributed by atoms with Gasteiger partial charge in [-0.15, -0.1) is 0 Å². The monoisotopic (exact) mass is 361 g/mol. The van der Waals surface area contributed by atoms with Crippen molar-refractivity contribution in [3.8, 4) is 0 Å². The number of hydrazone groups is 1. The van der Waals surface area contributed by atoms with E-state index in [2.05, 4.69) is 32.7 Å². The number of para-hydroxylation sites is 1. The minimum Gasteiger partial charge on any atom is -0.345 e. The third-order valence-corrected chi connectivity index (χ3v) is 4.22. The van der Waals surface area contributed by atoms with Crippen LogP contribution in [0.3, 0.4) is 0 Å². The number of aryl methyl sites for hydroxylation is 2. The van der Waals surface area contributed by atoms with Crippen LogP contribution >= 0.6 is 0 Å². The molecule has 1 heterocycles. The number of carbonyl (C=O) groups excluding carboxylic acids is 1. The molecule has 0 atom stereocenters. The number of nitrogens with one attached hydrogen (secondary N) is 1. The first-order valence-corrected chi connectivity index (χ1v) is 8.75. The second kappa shape index (κ2) is 8.31. The van der Waals surface area contributed by atoms with Crippen LogP contribution < -0.4 is 10.3 Å². The molecule has 0 spiro atoms. The highest BCUT2D eigenvalue weighted by molar-refractivity contribution is 5.83. The molecule has 6 heteroatoms. The summed E-state index contributed by atoms with van der Waals surface area (Å²) in [4.78, 5) is 14.1. The Morgan fingerprint density at radius 3 is 2.41 bits per heavy atom. The summed E-state index contributed by atoms with van der Waals surface area (Å²) in [5.41, 5.74) is 7.49. The van der Waals surface area contributed by atoms with Gasteiger partial charge in [-0.2, -0.15) is 10.2 Å². The molecule has 138 valence electrons. The maximum atomic E-state index is 12.0. The van der Waals surface area contributed by atoms with Gasteiger partial charge in [0.25, 0.3) is 5.91 Å². The molecule has 1 amide bonds. The van der Waals surface area contributed by atoms with Crippen LogP contribution in [0.5, 0.6) is 0 Å². The molecule has 0 unspecified atom stereocenters. The van der Waals surface area contributed by atoms with Gasteiger partial charge in [-0.25, -0.2) is 5.43 Å².